The molecule has 120 valence electrons. The molecule has 0 unspecified atom stereocenters. The Balaban J connectivity index is 2.11. The topological polar surface area (TPSA) is 102 Å². The maximum atomic E-state index is 12.0. The van der Waals surface area contributed by atoms with E-state index in [0.29, 0.717) is 10.0 Å². The number of para-hydroxylation sites is 1. The van der Waals surface area contributed by atoms with Crippen LogP contribution in [0, 0.1) is 10.1 Å². The van der Waals surface area contributed by atoms with Crippen LogP contribution in [0.15, 0.2) is 57.7 Å². The first kappa shape index (κ1) is 15.9. The van der Waals surface area contributed by atoms with E-state index >= 15 is 0 Å². The summed E-state index contributed by atoms with van der Waals surface area (Å²) in [4.78, 5) is 26.9. The number of nitro groups is 1. The molecule has 0 aliphatic carbocycles. The van der Waals surface area contributed by atoms with Crippen LogP contribution in [0.3, 0.4) is 0 Å². The fourth-order valence-electron chi connectivity index (χ4n) is 2.22. The van der Waals surface area contributed by atoms with Crippen molar-refractivity contribution in [1.29, 1.82) is 0 Å². The Hall–Kier alpha value is -3.00. The predicted molar refractivity (Wildman–Crippen MR) is 89.5 cm³/mol. The number of hydrogen-bond acceptors (Lipinski definition) is 6. The van der Waals surface area contributed by atoms with Gasteiger partial charge in [-0.2, -0.15) is 0 Å². The van der Waals surface area contributed by atoms with Gasteiger partial charge in [-0.15, -0.1) is 0 Å². The Bertz CT molecular complexity index is 920. The Morgan fingerprint density at radius 1 is 1.21 bits per heavy atom. The number of hydrogen-bond donors (Lipinski definition) is 1. The molecule has 1 aliphatic rings. The first-order valence-corrected chi connectivity index (χ1v) is 7.51. The van der Waals surface area contributed by atoms with E-state index in [4.69, 9.17) is 4.84 Å². The Morgan fingerprint density at radius 3 is 2.67 bits per heavy atom. The van der Waals surface area contributed by atoms with E-state index in [1.54, 1.807) is 18.2 Å². The number of nitro benzene ring substituents is 1. The summed E-state index contributed by atoms with van der Waals surface area (Å²) in [6.45, 7) is 0. The monoisotopic (exact) mass is 388 g/mol. The normalized spacial score (nSPS) is 15.3. The molecular weight excluding hydrogens is 380 g/mol. The number of rotatable bonds is 3. The molecule has 7 nitrogen and oxygen atoms in total. The summed E-state index contributed by atoms with van der Waals surface area (Å²) in [7, 11) is 0. The van der Waals surface area contributed by atoms with Gasteiger partial charge in [0.1, 0.15) is 5.71 Å². The van der Waals surface area contributed by atoms with Crippen LogP contribution in [0.5, 0.6) is 5.75 Å². The summed E-state index contributed by atoms with van der Waals surface area (Å²) in [5.41, 5.74) is 0.670. The van der Waals surface area contributed by atoms with Crippen LogP contribution in [-0.4, -0.2) is 21.7 Å². The SMILES string of the molecule is O=C1ON=C(c2ccccc2Br)/C1=C\c1cccc([N+](=O)[O-])c1O. The van der Waals surface area contributed by atoms with E-state index in [9.17, 15) is 20.0 Å². The fraction of sp³-hybridized carbons (Fsp3) is 0. The lowest BCUT2D eigenvalue weighted by Gasteiger charge is -2.04. The third kappa shape index (κ3) is 2.79. The van der Waals surface area contributed by atoms with Gasteiger partial charge < -0.3 is 9.94 Å². The molecule has 0 saturated heterocycles. The van der Waals surface area contributed by atoms with Crippen molar-refractivity contribution < 1.29 is 19.7 Å². The molecular formula is C16H9BrN2O5. The highest BCUT2D eigenvalue weighted by molar-refractivity contribution is 9.10. The highest BCUT2D eigenvalue weighted by Crippen LogP contribution is 2.33. The maximum absolute atomic E-state index is 12.0. The van der Waals surface area contributed by atoms with Gasteiger partial charge in [0.25, 0.3) is 0 Å². The van der Waals surface area contributed by atoms with Gasteiger partial charge in [0.05, 0.1) is 10.5 Å². The molecule has 0 fully saturated rings. The van der Waals surface area contributed by atoms with Crippen LogP contribution in [0.25, 0.3) is 6.08 Å². The fourth-order valence-corrected chi connectivity index (χ4v) is 2.70. The largest absolute Gasteiger partial charge is 0.502 e. The number of carbonyl (C=O) groups excluding carboxylic acids is 1. The lowest BCUT2D eigenvalue weighted by atomic mass is 10.00. The Morgan fingerprint density at radius 2 is 1.96 bits per heavy atom. The molecule has 1 aliphatic heterocycles. The molecule has 1 heterocycles. The second kappa shape index (κ2) is 6.25. The molecule has 1 N–H and O–H groups in total. The van der Waals surface area contributed by atoms with E-state index in [-0.39, 0.29) is 16.8 Å². The maximum Gasteiger partial charge on any atom is 0.368 e. The second-order valence-electron chi connectivity index (χ2n) is 4.83. The van der Waals surface area contributed by atoms with Crippen molar-refractivity contribution in [2.45, 2.75) is 0 Å². The van der Waals surface area contributed by atoms with Gasteiger partial charge in [-0.3, -0.25) is 10.1 Å². The van der Waals surface area contributed by atoms with Crippen LogP contribution < -0.4 is 0 Å². The summed E-state index contributed by atoms with van der Waals surface area (Å²) in [5.74, 6) is -1.23. The summed E-state index contributed by atoms with van der Waals surface area (Å²) in [6.07, 6.45) is 1.32. The molecule has 0 amide bonds. The van der Waals surface area contributed by atoms with Gasteiger partial charge in [-0.25, -0.2) is 4.79 Å². The van der Waals surface area contributed by atoms with Gasteiger partial charge in [-0.1, -0.05) is 51.4 Å². The highest BCUT2D eigenvalue weighted by atomic mass is 79.9. The van der Waals surface area contributed by atoms with Gasteiger partial charge in [0.15, 0.2) is 0 Å². The van der Waals surface area contributed by atoms with E-state index in [1.165, 1.54) is 24.3 Å². The average Bonchev–Trinajstić information content (AvgIpc) is 2.90. The zero-order valence-electron chi connectivity index (χ0n) is 12.0. The number of nitrogens with zero attached hydrogens (tertiary/aromatic N) is 2. The molecule has 3 rings (SSSR count). The van der Waals surface area contributed by atoms with E-state index in [1.807, 2.05) is 6.07 Å². The number of halogens is 1. The number of carbonyl (C=O) groups is 1. The van der Waals surface area contributed by atoms with Crippen molar-refractivity contribution in [3.8, 4) is 5.75 Å². The minimum atomic E-state index is -0.702. The third-order valence-corrected chi connectivity index (χ3v) is 4.06. The quantitative estimate of drug-likeness (QED) is 0.375. The molecule has 2 aromatic rings. The molecule has 0 bridgehead atoms. The van der Waals surface area contributed by atoms with Crippen LogP contribution in [-0.2, 0) is 9.63 Å². The van der Waals surface area contributed by atoms with E-state index in [0.717, 1.165) is 0 Å². The summed E-state index contributed by atoms with van der Waals surface area (Å²) in [6, 6.07) is 11.1. The molecule has 0 radical (unpaired) electrons. The number of oxime groups is 1. The van der Waals surface area contributed by atoms with Crippen LogP contribution >= 0.6 is 15.9 Å². The molecule has 0 saturated carbocycles. The summed E-state index contributed by atoms with van der Waals surface area (Å²) >= 11 is 3.37. The minimum Gasteiger partial charge on any atom is -0.502 e. The average molecular weight is 389 g/mol. The molecule has 0 atom stereocenters. The first-order chi connectivity index (χ1) is 11.5. The van der Waals surface area contributed by atoms with Gasteiger partial charge >= 0.3 is 11.7 Å². The van der Waals surface area contributed by atoms with Crippen LogP contribution in [0.2, 0.25) is 0 Å². The van der Waals surface area contributed by atoms with Crippen LogP contribution in [0.1, 0.15) is 11.1 Å². The van der Waals surface area contributed by atoms with Crippen molar-refractivity contribution in [3.63, 3.8) is 0 Å². The smallest absolute Gasteiger partial charge is 0.368 e. The van der Waals surface area contributed by atoms with Crippen molar-refractivity contribution in [2.24, 2.45) is 5.16 Å². The molecule has 8 heteroatoms. The molecule has 24 heavy (non-hydrogen) atoms. The summed E-state index contributed by atoms with van der Waals surface area (Å²) in [5, 5.41) is 24.7. The molecule has 0 spiro atoms. The minimum absolute atomic E-state index is 0.0951. The van der Waals surface area contributed by atoms with Crippen molar-refractivity contribution in [3.05, 3.63) is 73.8 Å². The predicted octanol–water partition coefficient (Wildman–Crippen LogP) is 3.41. The summed E-state index contributed by atoms with van der Waals surface area (Å²) < 4.78 is 0.705. The van der Waals surface area contributed by atoms with Gasteiger partial charge in [0, 0.05) is 21.7 Å². The van der Waals surface area contributed by atoms with Gasteiger partial charge in [0.2, 0.25) is 5.75 Å². The standard InChI is InChI=1S/C16H9BrN2O5/c17-12-6-2-1-5-10(12)14-11(16(21)24-18-14)8-9-4-3-7-13(15(9)20)19(22)23/h1-8,20H/b11-8+. The number of phenols is 1. The van der Waals surface area contributed by atoms with Crippen molar-refractivity contribution in [1.82, 2.24) is 0 Å². The number of aromatic hydroxyl groups is 1. The highest BCUT2D eigenvalue weighted by Gasteiger charge is 2.29. The van der Waals surface area contributed by atoms with E-state index < -0.39 is 22.3 Å². The lowest BCUT2D eigenvalue weighted by Crippen LogP contribution is -2.07. The molecule has 0 aromatic heterocycles. The third-order valence-electron chi connectivity index (χ3n) is 3.37. The van der Waals surface area contributed by atoms with Crippen molar-refractivity contribution in [2.75, 3.05) is 0 Å². The molecule has 2 aromatic carbocycles. The zero-order chi connectivity index (χ0) is 17.3. The number of phenolic OH excluding ortho intramolecular Hbond substituents is 1. The number of benzene rings is 2. The zero-order valence-corrected chi connectivity index (χ0v) is 13.6. The van der Waals surface area contributed by atoms with E-state index in [2.05, 4.69) is 21.1 Å². The lowest BCUT2D eigenvalue weighted by molar-refractivity contribution is -0.385. The Kier molecular flexibility index (Phi) is 4.13. The van der Waals surface area contributed by atoms with Crippen LogP contribution in [0.4, 0.5) is 5.69 Å². The van der Waals surface area contributed by atoms with Gasteiger partial charge in [-0.05, 0) is 12.1 Å². The Labute approximate surface area is 144 Å². The first-order valence-electron chi connectivity index (χ1n) is 6.71. The van der Waals surface area contributed by atoms with Crippen molar-refractivity contribution >= 4 is 39.4 Å². The second-order valence-corrected chi connectivity index (χ2v) is 5.68.